The summed E-state index contributed by atoms with van der Waals surface area (Å²) in [6.45, 7) is 1.45. The van der Waals surface area contributed by atoms with E-state index in [1.165, 1.54) is 0 Å². The number of carbonyl (C=O) groups excluding carboxylic acids is 1. The number of aromatic nitrogens is 3. The van der Waals surface area contributed by atoms with E-state index in [4.69, 9.17) is 9.47 Å². The summed E-state index contributed by atoms with van der Waals surface area (Å²) in [7, 11) is 1.62. The van der Waals surface area contributed by atoms with Crippen LogP contribution in [0.15, 0.2) is 42.6 Å². The lowest BCUT2D eigenvalue weighted by Crippen LogP contribution is -2.31. The fourth-order valence-electron chi connectivity index (χ4n) is 4.08. The zero-order chi connectivity index (χ0) is 17.0. The Morgan fingerprint density at radius 2 is 1.84 bits per heavy atom. The van der Waals surface area contributed by atoms with Gasteiger partial charge in [0.1, 0.15) is 5.75 Å². The molecule has 3 aliphatic heterocycles. The third-order valence-electron chi connectivity index (χ3n) is 5.40. The summed E-state index contributed by atoms with van der Waals surface area (Å²) in [6.07, 6.45) is 6.27. The van der Waals surface area contributed by atoms with Crippen molar-refractivity contribution in [2.75, 3.05) is 20.2 Å². The van der Waals surface area contributed by atoms with Gasteiger partial charge in [-0.15, -0.1) is 5.10 Å². The lowest BCUT2D eigenvalue weighted by molar-refractivity contribution is 0.0651. The quantitative estimate of drug-likeness (QED) is 0.789. The van der Waals surface area contributed by atoms with Crippen molar-refractivity contribution in [1.29, 1.82) is 0 Å². The first kappa shape index (κ1) is 14.7. The molecule has 4 heterocycles. The van der Waals surface area contributed by atoms with Gasteiger partial charge in [-0.1, -0.05) is 17.4 Å². The van der Waals surface area contributed by atoms with E-state index in [1.54, 1.807) is 18.0 Å². The number of methoxy groups -OCH3 is 1. The number of carbonyl (C=O) groups is 1. The molecule has 0 radical (unpaired) electrons. The zero-order valence-electron chi connectivity index (χ0n) is 13.8. The summed E-state index contributed by atoms with van der Waals surface area (Å²) in [6, 6.07) is 7.46. The first-order valence-corrected chi connectivity index (χ1v) is 8.43. The summed E-state index contributed by atoms with van der Waals surface area (Å²) in [4.78, 5) is 14.7. The van der Waals surface area contributed by atoms with Gasteiger partial charge < -0.3 is 14.4 Å². The molecular formula is C18H18N4O3. The molecule has 0 N–H and O–H groups in total. The van der Waals surface area contributed by atoms with Gasteiger partial charge in [-0.3, -0.25) is 4.79 Å². The molecule has 128 valence electrons. The number of rotatable bonds is 3. The number of ether oxygens (including phenoxy) is 2. The number of benzene rings is 1. The minimum absolute atomic E-state index is 0.0615. The second-order valence-corrected chi connectivity index (χ2v) is 6.73. The average Bonchev–Trinajstić information content (AvgIpc) is 3.42. The maximum Gasteiger partial charge on any atom is 0.276 e. The normalized spacial score (nSPS) is 29.2. The number of hydrogen-bond acceptors (Lipinski definition) is 5. The monoisotopic (exact) mass is 338 g/mol. The Balaban J connectivity index is 1.33. The van der Waals surface area contributed by atoms with Gasteiger partial charge in [0.2, 0.25) is 0 Å². The van der Waals surface area contributed by atoms with Crippen LogP contribution in [0.1, 0.15) is 10.5 Å². The third-order valence-corrected chi connectivity index (χ3v) is 5.40. The number of amides is 1. The van der Waals surface area contributed by atoms with Crippen LogP contribution in [-0.4, -0.2) is 58.2 Å². The smallest absolute Gasteiger partial charge is 0.276 e. The van der Waals surface area contributed by atoms with E-state index >= 15 is 0 Å². The maximum atomic E-state index is 12.8. The fourth-order valence-corrected chi connectivity index (χ4v) is 4.08. The highest BCUT2D eigenvalue weighted by molar-refractivity contribution is 5.92. The second kappa shape index (κ2) is 5.42. The largest absolute Gasteiger partial charge is 0.497 e. The SMILES string of the molecule is COc1ccc(-n2cc(C(=O)N3CC4C5C=CC(O5)C4C3)nn2)cc1. The molecule has 1 amide bonds. The Morgan fingerprint density at radius 1 is 1.16 bits per heavy atom. The van der Waals surface area contributed by atoms with Crippen LogP contribution in [0.5, 0.6) is 5.75 Å². The van der Waals surface area contributed by atoms with Crippen molar-refractivity contribution >= 4 is 5.91 Å². The molecule has 7 nitrogen and oxygen atoms in total. The summed E-state index contributed by atoms with van der Waals surface area (Å²) in [5.41, 5.74) is 1.21. The molecule has 4 atom stereocenters. The number of likely N-dealkylation sites (tertiary alicyclic amines) is 1. The predicted octanol–water partition coefficient (Wildman–Crippen LogP) is 1.30. The van der Waals surface area contributed by atoms with Gasteiger partial charge in [0.15, 0.2) is 5.69 Å². The minimum Gasteiger partial charge on any atom is -0.497 e. The van der Waals surface area contributed by atoms with Crippen LogP contribution in [0.3, 0.4) is 0 Å². The first-order chi connectivity index (χ1) is 12.2. The number of nitrogens with zero attached hydrogens (tertiary/aromatic N) is 4. The van der Waals surface area contributed by atoms with Crippen LogP contribution in [0.25, 0.3) is 5.69 Å². The molecule has 2 fully saturated rings. The Kier molecular flexibility index (Phi) is 3.18. The van der Waals surface area contributed by atoms with E-state index in [1.807, 2.05) is 29.2 Å². The molecule has 0 aliphatic carbocycles. The predicted molar refractivity (Wildman–Crippen MR) is 88.6 cm³/mol. The maximum absolute atomic E-state index is 12.8. The van der Waals surface area contributed by atoms with Crippen LogP contribution < -0.4 is 4.74 Å². The molecule has 3 aliphatic rings. The van der Waals surface area contributed by atoms with Crippen molar-refractivity contribution in [3.05, 3.63) is 48.3 Å². The number of fused-ring (bicyclic) bond motifs is 5. The average molecular weight is 338 g/mol. The molecule has 5 rings (SSSR count). The number of hydrogen-bond donors (Lipinski definition) is 0. The van der Waals surface area contributed by atoms with Gasteiger partial charge in [-0.25, -0.2) is 4.68 Å². The van der Waals surface area contributed by atoms with E-state index in [-0.39, 0.29) is 18.1 Å². The van der Waals surface area contributed by atoms with Gasteiger partial charge in [0.05, 0.1) is 31.2 Å². The van der Waals surface area contributed by atoms with Crippen molar-refractivity contribution < 1.29 is 14.3 Å². The van der Waals surface area contributed by atoms with Crippen molar-refractivity contribution in [3.8, 4) is 11.4 Å². The van der Waals surface area contributed by atoms with Gasteiger partial charge in [0.25, 0.3) is 5.91 Å². The molecule has 25 heavy (non-hydrogen) atoms. The van der Waals surface area contributed by atoms with Crippen molar-refractivity contribution in [1.82, 2.24) is 19.9 Å². The standard InChI is InChI=1S/C18H18N4O3/c1-24-12-4-2-11(3-5-12)22-10-15(19-20-22)18(23)21-8-13-14(9-21)17-7-6-16(13)25-17/h2-7,10,13-14,16-17H,8-9H2,1H3. The zero-order valence-corrected chi connectivity index (χ0v) is 13.8. The van der Waals surface area contributed by atoms with Crippen molar-refractivity contribution in [3.63, 3.8) is 0 Å². The van der Waals surface area contributed by atoms with E-state index in [9.17, 15) is 4.79 Å². The lowest BCUT2D eigenvalue weighted by Gasteiger charge is -2.17. The molecule has 7 heteroatoms. The van der Waals surface area contributed by atoms with Gasteiger partial charge >= 0.3 is 0 Å². The Hall–Kier alpha value is -2.67. The lowest BCUT2D eigenvalue weighted by atomic mass is 9.86. The fraction of sp³-hybridized carbons (Fsp3) is 0.389. The van der Waals surface area contributed by atoms with E-state index < -0.39 is 0 Å². The van der Waals surface area contributed by atoms with Gasteiger partial charge in [-0.05, 0) is 24.3 Å². The molecule has 4 unspecified atom stereocenters. The summed E-state index contributed by atoms with van der Waals surface area (Å²) in [5.74, 6) is 1.54. The van der Waals surface area contributed by atoms with Crippen LogP contribution in [0.2, 0.25) is 0 Å². The second-order valence-electron chi connectivity index (χ2n) is 6.73. The van der Waals surface area contributed by atoms with Crippen LogP contribution in [-0.2, 0) is 4.74 Å². The van der Waals surface area contributed by atoms with Crippen molar-refractivity contribution in [2.24, 2.45) is 11.8 Å². The summed E-state index contributed by atoms with van der Waals surface area (Å²) < 4.78 is 12.6. The highest BCUT2D eigenvalue weighted by Gasteiger charge is 2.51. The first-order valence-electron chi connectivity index (χ1n) is 8.43. The van der Waals surface area contributed by atoms with Crippen LogP contribution in [0, 0.1) is 11.8 Å². The van der Waals surface area contributed by atoms with Crippen molar-refractivity contribution in [2.45, 2.75) is 12.2 Å². The van der Waals surface area contributed by atoms with Crippen LogP contribution >= 0.6 is 0 Å². The Labute approximate surface area is 144 Å². The minimum atomic E-state index is -0.0615. The molecule has 0 saturated carbocycles. The summed E-state index contributed by atoms with van der Waals surface area (Å²) in [5, 5.41) is 8.16. The molecule has 2 bridgehead atoms. The van der Waals surface area contributed by atoms with E-state index in [2.05, 4.69) is 22.5 Å². The highest BCUT2D eigenvalue weighted by atomic mass is 16.5. The van der Waals surface area contributed by atoms with Crippen LogP contribution in [0.4, 0.5) is 0 Å². The molecule has 0 spiro atoms. The molecule has 1 aromatic carbocycles. The molecule has 2 aromatic rings. The summed E-state index contributed by atoms with van der Waals surface area (Å²) >= 11 is 0. The van der Waals surface area contributed by atoms with Gasteiger partial charge in [0, 0.05) is 24.9 Å². The highest BCUT2D eigenvalue weighted by Crippen LogP contribution is 2.43. The molecular weight excluding hydrogens is 320 g/mol. The molecule has 1 aromatic heterocycles. The Bertz CT molecular complexity index is 824. The Morgan fingerprint density at radius 3 is 2.48 bits per heavy atom. The topological polar surface area (TPSA) is 69.5 Å². The third kappa shape index (κ3) is 2.26. The van der Waals surface area contributed by atoms with E-state index in [0.717, 1.165) is 24.5 Å². The van der Waals surface area contributed by atoms with Gasteiger partial charge in [-0.2, -0.15) is 0 Å². The molecule has 2 saturated heterocycles. The van der Waals surface area contributed by atoms with E-state index in [0.29, 0.717) is 17.5 Å².